The first-order valence-electron chi connectivity index (χ1n) is 7.26. The van der Waals surface area contributed by atoms with Crippen LogP contribution in [-0.2, 0) is 4.79 Å². The highest BCUT2D eigenvalue weighted by atomic mass is 16.3. The molecule has 2 fully saturated rings. The van der Waals surface area contributed by atoms with Gasteiger partial charge in [-0.05, 0) is 37.5 Å². The quantitative estimate of drug-likeness (QED) is 0.769. The van der Waals surface area contributed by atoms with Gasteiger partial charge in [-0.3, -0.25) is 4.79 Å². The summed E-state index contributed by atoms with van der Waals surface area (Å²) in [5, 5.41) is 13.1. The van der Waals surface area contributed by atoms with Crippen molar-refractivity contribution in [3.63, 3.8) is 0 Å². The normalized spacial score (nSPS) is 31.1. The molecule has 1 saturated carbocycles. The number of nitrogens with zero attached hydrogens (tertiary/aromatic N) is 1. The lowest BCUT2D eigenvalue weighted by Crippen LogP contribution is -2.53. The zero-order valence-electron chi connectivity index (χ0n) is 11.6. The largest absolute Gasteiger partial charge is 0.393 e. The van der Waals surface area contributed by atoms with Crippen molar-refractivity contribution in [3.8, 4) is 0 Å². The topological polar surface area (TPSA) is 52.6 Å². The van der Waals surface area contributed by atoms with Crippen LogP contribution in [0.3, 0.4) is 0 Å². The molecule has 0 aromatic rings. The van der Waals surface area contributed by atoms with Crippen LogP contribution in [0.4, 0.5) is 0 Å². The fourth-order valence-corrected chi connectivity index (χ4v) is 3.05. The molecule has 1 heterocycles. The highest BCUT2D eigenvalue weighted by Crippen LogP contribution is 2.32. The molecular weight excluding hydrogens is 228 g/mol. The first kappa shape index (κ1) is 13.8. The number of amides is 1. The third kappa shape index (κ3) is 3.95. The summed E-state index contributed by atoms with van der Waals surface area (Å²) < 4.78 is 0. The van der Waals surface area contributed by atoms with Gasteiger partial charge in [0.2, 0.25) is 5.91 Å². The summed E-state index contributed by atoms with van der Waals surface area (Å²) in [6.45, 7) is 6.68. The van der Waals surface area contributed by atoms with E-state index >= 15 is 0 Å². The fourth-order valence-electron chi connectivity index (χ4n) is 3.05. The van der Waals surface area contributed by atoms with Crippen molar-refractivity contribution >= 4 is 5.91 Å². The second-order valence-corrected chi connectivity index (χ2v) is 6.03. The van der Waals surface area contributed by atoms with E-state index in [9.17, 15) is 9.90 Å². The van der Waals surface area contributed by atoms with Crippen molar-refractivity contribution in [1.29, 1.82) is 0 Å². The number of rotatable bonds is 5. The van der Waals surface area contributed by atoms with Gasteiger partial charge in [0.25, 0.3) is 0 Å². The Hall–Kier alpha value is -0.610. The molecule has 4 nitrogen and oxygen atoms in total. The second kappa shape index (κ2) is 6.02. The van der Waals surface area contributed by atoms with Gasteiger partial charge in [0.15, 0.2) is 0 Å². The van der Waals surface area contributed by atoms with Crippen molar-refractivity contribution in [2.45, 2.75) is 51.7 Å². The minimum atomic E-state index is -0.233. The fraction of sp³-hybridized carbons (Fsp3) is 0.929. The molecule has 2 aliphatic rings. The number of hydrogen-bond donors (Lipinski definition) is 2. The average molecular weight is 254 g/mol. The van der Waals surface area contributed by atoms with Gasteiger partial charge >= 0.3 is 0 Å². The molecule has 1 amide bonds. The van der Waals surface area contributed by atoms with E-state index in [0.29, 0.717) is 5.92 Å². The van der Waals surface area contributed by atoms with Crippen LogP contribution in [0.2, 0.25) is 0 Å². The van der Waals surface area contributed by atoms with E-state index in [1.54, 1.807) is 6.92 Å². The van der Waals surface area contributed by atoms with Gasteiger partial charge in [-0.2, -0.15) is 0 Å². The third-order valence-corrected chi connectivity index (χ3v) is 4.14. The third-order valence-electron chi connectivity index (χ3n) is 4.14. The lowest BCUT2D eigenvalue weighted by molar-refractivity contribution is -0.120. The first-order valence-corrected chi connectivity index (χ1v) is 7.26. The van der Waals surface area contributed by atoms with Gasteiger partial charge in [-0.15, -0.1) is 0 Å². The van der Waals surface area contributed by atoms with Crippen molar-refractivity contribution < 1.29 is 9.90 Å². The molecule has 2 rings (SSSR count). The van der Waals surface area contributed by atoms with Crippen LogP contribution in [-0.4, -0.2) is 47.7 Å². The predicted molar refractivity (Wildman–Crippen MR) is 71.2 cm³/mol. The summed E-state index contributed by atoms with van der Waals surface area (Å²) in [6, 6.07) is 0.209. The monoisotopic (exact) mass is 254 g/mol. The lowest BCUT2D eigenvalue weighted by Gasteiger charge is -2.39. The van der Waals surface area contributed by atoms with Gasteiger partial charge in [-0.1, -0.05) is 6.92 Å². The number of aliphatic hydroxyl groups is 1. The molecule has 2 N–H and O–H groups in total. The maximum absolute atomic E-state index is 11.2. The highest BCUT2D eigenvalue weighted by Gasteiger charge is 2.34. The Morgan fingerprint density at radius 2 is 2.17 bits per heavy atom. The van der Waals surface area contributed by atoms with Crippen molar-refractivity contribution in [2.75, 3.05) is 19.6 Å². The number of likely N-dealkylation sites (tertiary alicyclic amines) is 1. The van der Waals surface area contributed by atoms with E-state index in [1.807, 2.05) is 6.92 Å². The summed E-state index contributed by atoms with van der Waals surface area (Å²) in [5.74, 6) is 1.21. The Balaban J connectivity index is 1.92. The van der Waals surface area contributed by atoms with Crippen LogP contribution in [0.25, 0.3) is 0 Å². The number of carbonyl (C=O) groups is 1. The highest BCUT2D eigenvalue weighted by molar-refractivity contribution is 5.73. The number of nitrogens with one attached hydrogen (secondary N) is 1. The molecule has 3 unspecified atom stereocenters. The van der Waals surface area contributed by atoms with Gasteiger partial charge < -0.3 is 15.3 Å². The maximum atomic E-state index is 11.2. The number of piperidine rings is 1. The van der Waals surface area contributed by atoms with E-state index in [4.69, 9.17) is 0 Å². The van der Waals surface area contributed by atoms with E-state index in [0.717, 1.165) is 38.4 Å². The van der Waals surface area contributed by atoms with E-state index in [-0.39, 0.29) is 18.1 Å². The zero-order chi connectivity index (χ0) is 13.1. The number of carbonyl (C=O) groups excluding carboxylic acids is 1. The average Bonchev–Trinajstić information content (AvgIpc) is 3.10. The zero-order valence-corrected chi connectivity index (χ0v) is 11.6. The van der Waals surface area contributed by atoms with Crippen LogP contribution in [0, 0.1) is 11.8 Å². The van der Waals surface area contributed by atoms with Gasteiger partial charge in [0.05, 0.1) is 6.10 Å². The maximum Gasteiger partial charge on any atom is 0.217 e. The first-order chi connectivity index (χ1) is 8.58. The molecule has 0 aromatic carbocycles. The van der Waals surface area contributed by atoms with E-state index < -0.39 is 0 Å². The number of aliphatic hydroxyl groups excluding tert-OH is 1. The molecule has 0 radical (unpaired) electrons. The Labute approximate surface area is 110 Å². The minimum absolute atomic E-state index is 0.0398. The van der Waals surface area contributed by atoms with Gasteiger partial charge in [0, 0.05) is 32.6 Å². The summed E-state index contributed by atoms with van der Waals surface area (Å²) >= 11 is 0. The van der Waals surface area contributed by atoms with Crippen molar-refractivity contribution in [2.24, 2.45) is 11.8 Å². The predicted octanol–water partition coefficient (Wildman–Crippen LogP) is 0.994. The Bertz CT molecular complexity index is 292. The van der Waals surface area contributed by atoms with Crippen LogP contribution >= 0.6 is 0 Å². The van der Waals surface area contributed by atoms with Crippen LogP contribution in [0.5, 0.6) is 0 Å². The molecule has 3 atom stereocenters. The summed E-state index contributed by atoms with van der Waals surface area (Å²) in [5.41, 5.74) is 0. The molecule has 18 heavy (non-hydrogen) atoms. The van der Waals surface area contributed by atoms with Crippen molar-refractivity contribution in [3.05, 3.63) is 0 Å². The Kier molecular flexibility index (Phi) is 4.62. The molecule has 4 heteroatoms. The molecule has 104 valence electrons. The smallest absolute Gasteiger partial charge is 0.217 e. The van der Waals surface area contributed by atoms with Crippen LogP contribution < -0.4 is 5.32 Å². The Morgan fingerprint density at radius 3 is 2.72 bits per heavy atom. The van der Waals surface area contributed by atoms with Crippen LogP contribution in [0.15, 0.2) is 0 Å². The molecular formula is C14H26N2O2. The lowest BCUT2D eigenvalue weighted by atomic mass is 9.88. The molecule has 1 saturated heterocycles. The van der Waals surface area contributed by atoms with E-state index in [1.165, 1.54) is 12.8 Å². The number of hydrogen-bond acceptors (Lipinski definition) is 3. The molecule has 0 aromatic heterocycles. The SMILES string of the molecule is CCC(O)C1CC(NC(C)=O)CN(CC2CC2)C1. The summed E-state index contributed by atoms with van der Waals surface area (Å²) in [6.07, 6.45) is 4.18. The second-order valence-electron chi connectivity index (χ2n) is 6.03. The van der Waals surface area contributed by atoms with Gasteiger partial charge in [-0.25, -0.2) is 0 Å². The molecule has 1 aliphatic carbocycles. The minimum Gasteiger partial charge on any atom is -0.393 e. The standard InChI is InChI=1S/C14H26N2O2/c1-3-14(18)12-6-13(15-10(2)17)9-16(8-12)7-11-4-5-11/h11-14,18H,3-9H2,1-2H3,(H,15,17). The van der Waals surface area contributed by atoms with Gasteiger partial charge in [0.1, 0.15) is 0 Å². The summed E-state index contributed by atoms with van der Waals surface area (Å²) in [7, 11) is 0. The van der Waals surface area contributed by atoms with Crippen LogP contribution in [0.1, 0.15) is 39.5 Å². The van der Waals surface area contributed by atoms with Crippen molar-refractivity contribution in [1.82, 2.24) is 10.2 Å². The summed E-state index contributed by atoms with van der Waals surface area (Å²) in [4.78, 5) is 13.6. The Morgan fingerprint density at radius 1 is 1.44 bits per heavy atom. The molecule has 0 bridgehead atoms. The van der Waals surface area contributed by atoms with E-state index in [2.05, 4.69) is 10.2 Å². The molecule has 1 aliphatic heterocycles. The molecule has 0 spiro atoms.